The second-order valence-electron chi connectivity index (χ2n) is 7.01. The molecule has 0 unspecified atom stereocenters. The first-order chi connectivity index (χ1) is 15.2. The van der Waals surface area contributed by atoms with Gasteiger partial charge in [-0.25, -0.2) is 8.42 Å². The summed E-state index contributed by atoms with van der Waals surface area (Å²) in [5.74, 6) is -0.305. The molecule has 0 aliphatic carbocycles. The van der Waals surface area contributed by atoms with Gasteiger partial charge in [0, 0.05) is 16.6 Å². The Kier molecular flexibility index (Phi) is 7.66. The zero-order valence-corrected chi connectivity index (χ0v) is 19.8. The molecule has 3 rings (SSSR count). The number of methoxy groups -OCH3 is 1. The Morgan fingerprint density at radius 1 is 1.03 bits per heavy atom. The summed E-state index contributed by atoms with van der Waals surface area (Å²) >= 11 is 12.1. The van der Waals surface area contributed by atoms with Crippen molar-refractivity contribution < 1.29 is 17.9 Å². The lowest BCUT2D eigenvalue weighted by atomic mass is 10.2. The van der Waals surface area contributed by atoms with Gasteiger partial charge in [0.1, 0.15) is 17.2 Å². The SMILES string of the molecule is COc1ccc(C)cc1S(=O)(=O)N(CC(=O)NCc1ccccc1Cl)c1ccc(Cl)cc1. The van der Waals surface area contributed by atoms with E-state index in [9.17, 15) is 13.2 Å². The first-order valence-electron chi connectivity index (χ1n) is 9.65. The van der Waals surface area contributed by atoms with Gasteiger partial charge in [-0.05, 0) is 60.5 Å². The molecule has 0 heterocycles. The van der Waals surface area contributed by atoms with E-state index in [1.807, 2.05) is 6.07 Å². The molecule has 1 amide bonds. The second kappa shape index (κ2) is 10.3. The quantitative estimate of drug-likeness (QED) is 0.488. The largest absolute Gasteiger partial charge is 0.495 e. The molecular weight excluding hydrogens is 471 g/mol. The number of amides is 1. The minimum absolute atomic E-state index is 0.0335. The summed E-state index contributed by atoms with van der Waals surface area (Å²) in [5.41, 5.74) is 1.76. The van der Waals surface area contributed by atoms with Gasteiger partial charge in [0.15, 0.2) is 0 Å². The maximum Gasteiger partial charge on any atom is 0.268 e. The first kappa shape index (κ1) is 23.9. The fraction of sp³-hybridized carbons (Fsp3) is 0.174. The summed E-state index contributed by atoms with van der Waals surface area (Å²) in [4.78, 5) is 12.7. The third-order valence-electron chi connectivity index (χ3n) is 4.72. The van der Waals surface area contributed by atoms with Gasteiger partial charge >= 0.3 is 0 Å². The number of ether oxygens (including phenoxy) is 1. The maximum atomic E-state index is 13.6. The molecule has 9 heteroatoms. The van der Waals surface area contributed by atoms with Crippen molar-refractivity contribution in [2.75, 3.05) is 18.0 Å². The Balaban J connectivity index is 1.94. The van der Waals surface area contributed by atoms with E-state index < -0.39 is 22.5 Å². The van der Waals surface area contributed by atoms with Gasteiger partial charge in [0.05, 0.1) is 12.8 Å². The van der Waals surface area contributed by atoms with Crippen LogP contribution in [0.15, 0.2) is 71.6 Å². The van der Waals surface area contributed by atoms with Gasteiger partial charge in [-0.15, -0.1) is 0 Å². The fourth-order valence-corrected chi connectivity index (χ4v) is 5.04. The summed E-state index contributed by atoms with van der Waals surface area (Å²) in [5, 5.41) is 3.69. The molecule has 168 valence electrons. The Bertz CT molecular complexity index is 1210. The van der Waals surface area contributed by atoms with Crippen LogP contribution in [0.5, 0.6) is 5.75 Å². The van der Waals surface area contributed by atoms with Crippen molar-refractivity contribution in [1.82, 2.24) is 5.32 Å². The summed E-state index contributed by atoms with van der Waals surface area (Å²) in [7, 11) is -2.74. The lowest BCUT2D eigenvalue weighted by molar-refractivity contribution is -0.119. The lowest BCUT2D eigenvalue weighted by Gasteiger charge is -2.25. The molecule has 0 fully saturated rings. The molecule has 3 aromatic rings. The Morgan fingerprint density at radius 3 is 2.38 bits per heavy atom. The van der Waals surface area contributed by atoms with Crippen LogP contribution in [0, 0.1) is 6.92 Å². The highest BCUT2D eigenvalue weighted by Gasteiger charge is 2.30. The second-order valence-corrected chi connectivity index (χ2v) is 9.68. The summed E-state index contributed by atoms with van der Waals surface area (Å²) < 4.78 is 33.6. The highest BCUT2D eigenvalue weighted by atomic mass is 35.5. The van der Waals surface area contributed by atoms with Crippen LogP contribution in [0.2, 0.25) is 10.0 Å². The van der Waals surface area contributed by atoms with Crippen molar-refractivity contribution in [2.45, 2.75) is 18.4 Å². The smallest absolute Gasteiger partial charge is 0.268 e. The van der Waals surface area contributed by atoms with E-state index in [-0.39, 0.29) is 17.2 Å². The molecule has 0 aliphatic heterocycles. The van der Waals surface area contributed by atoms with Crippen LogP contribution in [-0.2, 0) is 21.4 Å². The van der Waals surface area contributed by atoms with Crippen LogP contribution < -0.4 is 14.4 Å². The van der Waals surface area contributed by atoms with Gasteiger partial charge in [0.2, 0.25) is 5.91 Å². The average Bonchev–Trinajstić information content (AvgIpc) is 2.77. The summed E-state index contributed by atoms with van der Waals surface area (Å²) in [6.45, 7) is 1.51. The molecule has 0 saturated heterocycles. The van der Waals surface area contributed by atoms with Crippen molar-refractivity contribution in [3.8, 4) is 5.75 Å². The topological polar surface area (TPSA) is 75.7 Å². The number of carbonyl (C=O) groups excluding carboxylic acids is 1. The third kappa shape index (κ3) is 5.54. The highest BCUT2D eigenvalue weighted by Crippen LogP contribution is 2.31. The Morgan fingerprint density at radius 2 is 1.72 bits per heavy atom. The number of halogens is 2. The molecule has 3 aromatic carbocycles. The lowest BCUT2D eigenvalue weighted by Crippen LogP contribution is -2.40. The Hall–Kier alpha value is -2.74. The van der Waals surface area contributed by atoms with Crippen molar-refractivity contribution in [1.29, 1.82) is 0 Å². The Labute approximate surface area is 197 Å². The molecule has 32 heavy (non-hydrogen) atoms. The van der Waals surface area contributed by atoms with Gasteiger partial charge in [0.25, 0.3) is 10.0 Å². The van der Waals surface area contributed by atoms with Gasteiger partial charge in [-0.3, -0.25) is 9.10 Å². The number of aryl methyl sites for hydroxylation is 1. The molecule has 1 N–H and O–H groups in total. The minimum atomic E-state index is -4.14. The van der Waals surface area contributed by atoms with Crippen LogP contribution in [-0.4, -0.2) is 28.0 Å². The number of anilines is 1. The molecular formula is C23H22Cl2N2O4S. The van der Waals surface area contributed by atoms with Crippen LogP contribution >= 0.6 is 23.2 Å². The standard InChI is InChI=1S/C23H22Cl2N2O4S/c1-16-7-12-21(31-2)22(13-16)32(29,30)27(19-10-8-18(24)9-11-19)15-23(28)26-14-17-5-3-4-6-20(17)25/h3-13H,14-15H2,1-2H3,(H,26,28). The summed E-state index contributed by atoms with van der Waals surface area (Å²) in [6, 6.07) is 18.2. The van der Waals surface area contributed by atoms with E-state index in [0.29, 0.717) is 15.7 Å². The fourth-order valence-electron chi connectivity index (χ4n) is 3.05. The van der Waals surface area contributed by atoms with Gasteiger partial charge < -0.3 is 10.1 Å². The number of carbonyl (C=O) groups is 1. The highest BCUT2D eigenvalue weighted by molar-refractivity contribution is 7.93. The zero-order chi connectivity index (χ0) is 23.3. The predicted molar refractivity (Wildman–Crippen MR) is 127 cm³/mol. The molecule has 0 radical (unpaired) electrons. The number of rotatable bonds is 8. The zero-order valence-electron chi connectivity index (χ0n) is 17.5. The maximum absolute atomic E-state index is 13.6. The molecule has 0 saturated carbocycles. The van der Waals surface area contributed by atoms with Crippen molar-refractivity contribution >= 4 is 44.8 Å². The third-order valence-corrected chi connectivity index (χ3v) is 7.14. The van der Waals surface area contributed by atoms with Crippen LogP contribution in [0.1, 0.15) is 11.1 Å². The number of nitrogens with one attached hydrogen (secondary N) is 1. The van der Waals surface area contributed by atoms with Crippen LogP contribution in [0.3, 0.4) is 0 Å². The van der Waals surface area contributed by atoms with E-state index in [4.69, 9.17) is 27.9 Å². The molecule has 0 spiro atoms. The van der Waals surface area contributed by atoms with Gasteiger partial charge in [-0.1, -0.05) is 47.5 Å². The van der Waals surface area contributed by atoms with Crippen molar-refractivity contribution in [3.05, 3.63) is 87.9 Å². The molecule has 0 aromatic heterocycles. The minimum Gasteiger partial charge on any atom is -0.495 e. The monoisotopic (exact) mass is 492 g/mol. The van der Waals surface area contributed by atoms with Crippen LogP contribution in [0.25, 0.3) is 0 Å². The van der Waals surface area contributed by atoms with E-state index in [0.717, 1.165) is 15.4 Å². The van der Waals surface area contributed by atoms with Crippen molar-refractivity contribution in [2.24, 2.45) is 0 Å². The predicted octanol–water partition coefficient (Wildman–Crippen LogP) is 4.82. The van der Waals surface area contributed by atoms with Gasteiger partial charge in [-0.2, -0.15) is 0 Å². The number of hydrogen-bond donors (Lipinski definition) is 1. The van der Waals surface area contributed by atoms with Crippen molar-refractivity contribution in [3.63, 3.8) is 0 Å². The number of hydrogen-bond acceptors (Lipinski definition) is 4. The summed E-state index contributed by atoms with van der Waals surface area (Å²) in [6.07, 6.45) is 0. The number of sulfonamides is 1. The number of nitrogens with zero attached hydrogens (tertiary/aromatic N) is 1. The normalized spacial score (nSPS) is 11.1. The molecule has 0 atom stereocenters. The van der Waals surface area contributed by atoms with E-state index >= 15 is 0 Å². The average molecular weight is 493 g/mol. The van der Waals surface area contributed by atoms with E-state index in [1.165, 1.54) is 13.2 Å². The van der Waals surface area contributed by atoms with E-state index in [2.05, 4.69) is 5.32 Å². The molecule has 0 bridgehead atoms. The van der Waals surface area contributed by atoms with Crippen LogP contribution in [0.4, 0.5) is 5.69 Å². The number of benzene rings is 3. The van der Waals surface area contributed by atoms with E-state index in [1.54, 1.807) is 61.5 Å². The first-order valence-corrected chi connectivity index (χ1v) is 11.8. The molecule has 6 nitrogen and oxygen atoms in total. The molecule has 0 aliphatic rings.